The van der Waals surface area contributed by atoms with Crippen molar-refractivity contribution in [3.05, 3.63) is 29.8 Å². The van der Waals surface area contributed by atoms with E-state index in [0.717, 1.165) is 18.2 Å². The van der Waals surface area contributed by atoms with Crippen LogP contribution in [0.3, 0.4) is 0 Å². The van der Waals surface area contributed by atoms with Gasteiger partial charge in [-0.3, -0.25) is 0 Å². The molecule has 0 atom stereocenters. The highest BCUT2D eigenvalue weighted by atomic mass is 19.1. The molecule has 1 aromatic rings. The van der Waals surface area contributed by atoms with Crippen molar-refractivity contribution in [3.63, 3.8) is 0 Å². The molecule has 0 radical (unpaired) electrons. The summed E-state index contributed by atoms with van der Waals surface area (Å²) in [5.41, 5.74) is -0.427. The number of benzene rings is 1. The lowest BCUT2D eigenvalue weighted by molar-refractivity contribution is 0.0105. The number of rotatable bonds is 2. The van der Waals surface area contributed by atoms with Crippen molar-refractivity contribution in [1.29, 1.82) is 0 Å². The summed E-state index contributed by atoms with van der Waals surface area (Å²) >= 11 is 0. The van der Waals surface area contributed by atoms with E-state index in [1.165, 1.54) is 4.90 Å². The fourth-order valence-corrected chi connectivity index (χ4v) is 1.87. The minimum Gasteiger partial charge on any atom is -0.444 e. The van der Waals surface area contributed by atoms with Crippen LogP contribution in [-0.2, 0) is 4.74 Å². The quantitative estimate of drug-likeness (QED) is 0.907. The smallest absolute Gasteiger partial charge is 0.410 e. The standard InChI is InChI=1S/C14H18F2N2O2/c1-14(2,3)20-13(19)18-7-10(8-18)17-12-6-9(15)4-5-11(12)16/h4-6,10,17H,7-8H2,1-3H3. The monoisotopic (exact) mass is 284 g/mol. The van der Waals surface area contributed by atoms with Gasteiger partial charge in [0.1, 0.15) is 17.2 Å². The minimum atomic E-state index is -0.537. The summed E-state index contributed by atoms with van der Waals surface area (Å²) in [6.07, 6.45) is -0.393. The molecule has 4 nitrogen and oxygen atoms in total. The van der Waals surface area contributed by atoms with Gasteiger partial charge in [-0.1, -0.05) is 0 Å². The number of anilines is 1. The van der Waals surface area contributed by atoms with Crippen LogP contribution in [0.4, 0.5) is 19.3 Å². The van der Waals surface area contributed by atoms with E-state index in [1.807, 2.05) is 0 Å². The average molecular weight is 284 g/mol. The van der Waals surface area contributed by atoms with E-state index in [9.17, 15) is 13.6 Å². The molecule has 20 heavy (non-hydrogen) atoms. The zero-order chi connectivity index (χ0) is 14.9. The lowest BCUT2D eigenvalue weighted by atomic mass is 10.1. The normalized spacial score (nSPS) is 15.8. The maximum absolute atomic E-state index is 13.4. The van der Waals surface area contributed by atoms with Crippen LogP contribution >= 0.6 is 0 Å². The molecule has 0 saturated carbocycles. The number of nitrogens with zero attached hydrogens (tertiary/aromatic N) is 1. The first-order valence-electron chi connectivity index (χ1n) is 6.44. The number of nitrogens with one attached hydrogen (secondary N) is 1. The summed E-state index contributed by atoms with van der Waals surface area (Å²) in [5.74, 6) is -1.01. The second-order valence-corrected chi connectivity index (χ2v) is 5.85. The number of hydrogen-bond acceptors (Lipinski definition) is 3. The van der Waals surface area contributed by atoms with E-state index in [1.54, 1.807) is 20.8 Å². The lowest BCUT2D eigenvalue weighted by Gasteiger charge is -2.40. The highest BCUT2D eigenvalue weighted by Gasteiger charge is 2.33. The Labute approximate surface area is 116 Å². The molecule has 1 aliphatic heterocycles. The molecular weight excluding hydrogens is 266 g/mol. The Balaban J connectivity index is 1.85. The largest absolute Gasteiger partial charge is 0.444 e. The molecule has 1 aliphatic rings. The van der Waals surface area contributed by atoms with Gasteiger partial charge in [0.25, 0.3) is 0 Å². The van der Waals surface area contributed by atoms with Crippen LogP contribution in [-0.4, -0.2) is 35.7 Å². The van der Waals surface area contributed by atoms with Gasteiger partial charge in [-0.2, -0.15) is 0 Å². The summed E-state index contributed by atoms with van der Waals surface area (Å²) in [4.78, 5) is 13.2. The third-order valence-corrected chi connectivity index (χ3v) is 2.82. The van der Waals surface area contributed by atoms with E-state index in [-0.39, 0.29) is 11.7 Å². The van der Waals surface area contributed by atoms with Crippen molar-refractivity contribution in [3.8, 4) is 0 Å². The SMILES string of the molecule is CC(C)(C)OC(=O)N1CC(Nc2cc(F)ccc2F)C1. The molecule has 0 aromatic heterocycles. The Kier molecular flexibility index (Phi) is 3.83. The number of amides is 1. The number of hydrogen-bond donors (Lipinski definition) is 1. The third-order valence-electron chi connectivity index (χ3n) is 2.82. The topological polar surface area (TPSA) is 41.6 Å². The first-order chi connectivity index (χ1) is 9.24. The second kappa shape index (κ2) is 5.26. The van der Waals surface area contributed by atoms with E-state index in [0.29, 0.717) is 13.1 Å². The van der Waals surface area contributed by atoms with Crippen LogP contribution in [0.5, 0.6) is 0 Å². The molecule has 110 valence electrons. The van der Waals surface area contributed by atoms with Crippen LogP contribution in [0.1, 0.15) is 20.8 Å². The average Bonchev–Trinajstić information content (AvgIpc) is 2.24. The molecule has 2 rings (SSSR count). The maximum Gasteiger partial charge on any atom is 0.410 e. The summed E-state index contributed by atoms with van der Waals surface area (Å²) in [7, 11) is 0. The molecule has 1 saturated heterocycles. The van der Waals surface area contributed by atoms with Gasteiger partial charge in [0, 0.05) is 13.1 Å². The second-order valence-electron chi connectivity index (χ2n) is 5.85. The van der Waals surface area contributed by atoms with Crippen LogP contribution in [0.2, 0.25) is 0 Å². The van der Waals surface area contributed by atoms with Crippen LogP contribution in [0, 0.1) is 11.6 Å². The Bertz CT molecular complexity index is 508. The highest BCUT2D eigenvalue weighted by Crippen LogP contribution is 2.21. The zero-order valence-electron chi connectivity index (χ0n) is 11.7. The molecular formula is C14H18F2N2O2. The molecule has 1 amide bonds. The van der Waals surface area contributed by atoms with E-state index >= 15 is 0 Å². The molecule has 0 unspecified atom stereocenters. The molecule has 0 aliphatic carbocycles. The predicted octanol–water partition coefficient (Wildman–Crippen LogP) is 3.00. The van der Waals surface area contributed by atoms with Crippen molar-refractivity contribution in [2.75, 3.05) is 18.4 Å². The Morgan fingerprint density at radius 3 is 2.60 bits per heavy atom. The van der Waals surface area contributed by atoms with Gasteiger partial charge < -0.3 is 15.0 Å². The maximum atomic E-state index is 13.4. The van der Waals surface area contributed by atoms with Crippen LogP contribution in [0.15, 0.2) is 18.2 Å². The molecule has 0 bridgehead atoms. The first-order valence-corrected chi connectivity index (χ1v) is 6.44. The fraction of sp³-hybridized carbons (Fsp3) is 0.500. The summed E-state index contributed by atoms with van der Waals surface area (Å²) in [6.45, 7) is 6.20. The van der Waals surface area contributed by atoms with Crippen molar-refractivity contribution >= 4 is 11.8 Å². The highest BCUT2D eigenvalue weighted by molar-refractivity contribution is 5.69. The summed E-state index contributed by atoms with van der Waals surface area (Å²) in [5, 5.41) is 2.87. The predicted molar refractivity (Wildman–Crippen MR) is 71.6 cm³/mol. The van der Waals surface area contributed by atoms with Gasteiger partial charge in [-0.25, -0.2) is 13.6 Å². The van der Waals surface area contributed by atoms with Crippen molar-refractivity contribution in [2.24, 2.45) is 0 Å². The van der Waals surface area contributed by atoms with Crippen molar-refractivity contribution < 1.29 is 18.3 Å². The van der Waals surface area contributed by atoms with Gasteiger partial charge in [-0.15, -0.1) is 0 Å². The minimum absolute atomic E-state index is 0.0983. The molecule has 0 spiro atoms. The lowest BCUT2D eigenvalue weighted by Crippen LogP contribution is -2.58. The van der Waals surface area contributed by atoms with Gasteiger partial charge >= 0.3 is 6.09 Å². The number of carbonyl (C=O) groups excluding carboxylic acids is 1. The molecule has 6 heteroatoms. The number of halogens is 2. The third kappa shape index (κ3) is 3.59. The molecule has 1 aromatic carbocycles. The van der Waals surface area contributed by atoms with E-state index < -0.39 is 23.3 Å². The summed E-state index contributed by atoms with van der Waals surface area (Å²) < 4.78 is 31.7. The van der Waals surface area contributed by atoms with E-state index in [2.05, 4.69) is 5.32 Å². The summed E-state index contributed by atoms with van der Waals surface area (Å²) in [6, 6.07) is 3.14. The van der Waals surface area contributed by atoms with Gasteiger partial charge in [0.05, 0.1) is 11.7 Å². The molecule has 1 heterocycles. The van der Waals surface area contributed by atoms with Gasteiger partial charge in [0.2, 0.25) is 0 Å². The van der Waals surface area contributed by atoms with Gasteiger partial charge in [0.15, 0.2) is 0 Å². The Morgan fingerprint density at radius 2 is 2.00 bits per heavy atom. The van der Waals surface area contributed by atoms with E-state index in [4.69, 9.17) is 4.74 Å². The molecule has 1 N–H and O–H groups in total. The zero-order valence-corrected chi connectivity index (χ0v) is 11.7. The fourth-order valence-electron chi connectivity index (χ4n) is 1.87. The molecule has 1 fully saturated rings. The number of ether oxygens (including phenoxy) is 1. The Morgan fingerprint density at radius 1 is 1.35 bits per heavy atom. The van der Waals surface area contributed by atoms with Crippen LogP contribution in [0.25, 0.3) is 0 Å². The van der Waals surface area contributed by atoms with Crippen molar-refractivity contribution in [1.82, 2.24) is 4.90 Å². The van der Waals surface area contributed by atoms with Crippen LogP contribution < -0.4 is 5.32 Å². The Hall–Kier alpha value is -1.85. The number of likely N-dealkylation sites (tertiary alicyclic amines) is 1. The first kappa shape index (κ1) is 14.6. The van der Waals surface area contributed by atoms with Crippen molar-refractivity contribution in [2.45, 2.75) is 32.4 Å². The van der Waals surface area contributed by atoms with Gasteiger partial charge in [-0.05, 0) is 39.0 Å². The number of carbonyl (C=O) groups is 1.